The molecule has 24 heavy (non-hydrogen) atoms. The van der Waals surface area contributed by atoms with Crippen LogP contribution in [0.25, 0.3) is 0 Å². The van der Waals surface area contributed by atoms with Crippen LogP contribution in [-0.2, 0) is 10.3 Å². The molecule has 0 radical (unpaired) electrons. The van der Waals surface area contributed by atoms with Crippen LogP contribution in [0.15, 0.2) is 4.52 Å². The first-order valence-corrected chi connectivity index (χ1v) is 7.97. The number of hydrogen-bond donors (Lipinski definition) is 1. The Morgan fingerprint density at radius 2 is 1.96 bits per heavy atom. The van der Waals surface area contributed by atoms with Gasteiger partial charge in [0.2, 0.25) is 11.8 Å². The standard InChI is InChI=1S/C16H22N6O2/c1-9-10(2)17-11(3)18-14(9)22-7-6-16(8-22,20-12(4)23)15-19-13(5)24-21-15/h6-8H2,1-5H3,(H,20,23). The molecule has 0 spiro atoms. The highest BCUT2D eigenvalue weighted by molar-refractivity contribution is 5.74. The van der Waals surface area contributed by atoms with Crippen LogP contribution in [0.5, 0.6) is 0 Å². The SMILES string of the molecule is CC(=O)NC1(c2noc(C)n2)CCN(c2nc(C)nc(C)c2C)C1. The molecule has 3 heterocycles. The van der Waals surface area contributed by atoms with Crippen LogP contribution in [0.3, 0.4) is 0 Å². The summed E-state index contributed by atoms with van der Waals surface area (Å²) in [6.07, 6.45) is 0.688. The van der Waals surface area contributed by atoms with Crippen molar-refractivity contribution >= 4 is 11.7 Å². The smallest absolute Gasteiger partial charge is 0.223 e. The number of carbonyl (C=O) groups excluding carboxylic acids is 1. The molecule has 0 saturated carbocycles. The van der Waals surface area contributed by atoms with Crippen LogP contribution < -0.4 is 10.2 Å². The van der Waals surface area contributed by atoms with Crippen molar-refractivity contribution in [3.63, 3.8) is 0 Å². The van der Waals surface area contributed by atoms with E-state index in [9.17, 15) is 4.79 Å². The summed E-state index contributed by atoms with van der Waals surface area (Å²) >= 11 is 0. The van der Waals surface area contributed by atoms with Crippen molar-refractivity contribution in [3.8, 4) is 0 Å². The number of aryl methyl sites for hydroxylation is 3. The Hall–Kier alpha value is -2.51. The van der Waals surface area contributed by atoms with E-state index in [-0.39, 0.29) is 5.91 Å². The van der Waals surface area contributed by atoms with E-state index in [1.165, 1.54) is 6.92 Å². The fourth-order valence-electron chi connectivity index (χ4n) is 3.22. The number of hydrogen-bond acceptors (Lipinski definition) is 7. The molecule has 0 aliphatic carbocycles. The van der Waals surface area contributed by atoms with Crippen molar-refractivity contribution in [2.75, 3.05) is 18.0 Å². The zero-order valence-electron chi connectivity index (χ0n) is 14.7. The van der Waals surface area contributed by atoms with Gasteiger partial charge in [-0.2, -0.15) is 4.98 Å². The normalized spacial score (nSPS) is 20.5. The third-order valence-corrected chi connectivity index (χ3v) is 4.42. The average Bonchev–Trinajstić information content (AvgIpc) is 3.10. The van der Waals surface area contributed by atoms with Gasteiger partial charge in [-0.3, -0.25) is 4.79 Å². The Kier molecular flexibility index (Phi) is 3.98. The summed E-state index contributed by atoms with van der Waals surface area (Å²) in [7, 11) is 0. The lowest BCUT2D eigenvalue weighted by Gasteiger charge is -2.27. The van der Waals surface area contributed by atoms with Crippen LogP contribution in [0.2, 0.25) is 0 Å². The molecular formula is C16H22N6O2. The monoisotopic (exact) mass is 330 g/mol. The van der Waals surface area contributed by atoms with Crippen molar-refractivity contribution in [3.05, 3.63) is 28.8 Å². The molecule has 1 fully saturated rings. The van der Waals surface area contributed by atoms with E-state index < -0.39 is 5.54 Å². The van der Waals surface area contributed by atoms with Gasteiger partial charge in [0.1, 0.15) is 17.2 Å². The largest absolute Gasteiger partial charge is 0.353 e. The average molecular weight is 330 g/mol. The van der Waals surface area contributed by atoms with Crippen molar-refractivity contribution in [1.82, 2.24) is 25.4 Å². The van der Waals surface area contributed by atoms with Crippen molar-refractivity contribution < 1.29 is 9.32 Å². The molecule has 128 valence electrons. The first kappa shape index (κ1) is 16.4. The number of aromatic nitrogens is 4. The number of nitrogens with one attached hydrogen (secondary N) is 1. The maximum atomic E-state index is 11.8. The lowest BCUT2D eigenvalue weighted by molar-refractivity contribution is -0.120. The Balaban J connectivity index is 1.97. The van der Waals surface area contributed by atoms with E-state index in [2.05, 4.69) is 30.3 Å². The topological polar surface area (TPSA) is 97.0 Å². The maximum Gasteiger partial charge on any atom is 0.223 e. The molecule has 1 N–H and O–H groups in total. The highest BCUT2D eigenvalue weighted by atomic mass is 16.5. The molecule has 2 aromatic rings. The molecule has 0 bridgehead atoms. The zero-order valence-corrected chi connectivity index (χ0v) is 14.7. The van der Waals surface area contributed by atoms with Gasteiger partial charge >= 0.3 is 0 Å². The van der Waals surface area contributed by atoms with Crippen molar-refractivity contribution in [2.24, 2.45) is 0 Å². The summed E-state index contributed by atoms with van der Waals surface area (Å²) in [5.74, 6) is 2.51. The number of carbonyl (C=O) groups is 1. The van der Waals surface area contributed by atoms with E-state index in [1.807, 2.05) is 20.8 Å². The summed E-state index contributed by atoms with van der Waals surface area (Å²) < 4.78 is 5.13. The predicted molar refractivity (Wildman–Crippen MR) is 87.6 cm³/mol. The number of anilines is 1. The molecule has 1 saturated heterocycles. The molecular weight excluding hydrogens is 308 g/mol. The first-order valence-electron chi connectivity index (χ1n) is 7.97. The van der Waals surface area contributed by atoms with Crippen LogP contribution >= 0.6 is 0 Å². The summed E-state index contributed by atoms with van der Waals surface area (Å²) in [5.41, 5.74) is 1.34. The Morgan fingerprint density at radius 1 is 1.21 bits per heavy atom. The molecule has 1 atom stereocenters. The highest BCUT2D eigenvalue weighted by Gasteiger charge is 2.45. The van der Waals surface area contributed by atoms with Crippen LogP contribution in [0, 0.1) is 27.7 Å². The van der Waals surface area contributed by atoms with Gasteiger partial charge in [0.15, 0.2) is 5.82 Å². The molecule has 2 aromatic heterocycles. The molecule has 0 aromatic carbocycles. The lowest BCUT2D eigenvalue weighted by atomic mass is 9.97. The summed E-state index contributed by atoms with van der Waals surface area (Å²) in [6.45, 7) is 10.4. The second-order valence-corrected chi connectivity index (χ2v) is 6.38. The van der Waals surface area contributed by atoms with Crippen molar-refractivity contribution in [1.29, 1.82) is 0 Å². The molecule has 8 nitrogen and oxygen atoms in total. The van der Waals surface area contributed by atoms with E-state index in [0.29, 0.717) is 24.7 Å². The van der Waals surface area contributed by atoms with Gasteiger partial charge < -0.3 is 14.7 Å². The van der Waals surface area contributed by atoms with Gasteiger partial charge in [-0.15, -0.1) is 0 Å². The van der Waals surface area contributed by atoms with Gasteiger partial charge in [0, 0.05) is 31.6 Å². The second-order valence-electron chi connectivity index (χ2n) is 6.38. The van der Waals surface area contributed by atoms with Crippen molar-refractivity contribution in [2.45, 2.75) is 46.6 Å². The molecule has 3 rings (SSSR count). The summed E-state index contributed by atoms with van der Waals surface area (Å²) in [4.78, 5) is 27.3. The minimum atomic E-state index is -0.664. The minimum absolute atomic E-state index is 0.119. The number of nitrogens with zero attached hydrogens (tertiary/aromatic N) is 5. The predicted octanol–water partition coefficient (Wildman–Crippen LogP) is 1.33. The highest BCUT2D eigenvalue weighted by Crippen LogP contribution is 2.34. The van der Waals surface area contributed by atoms with E-state index in [4.69, 9.17) is 4.52 Å². The number of rotatable bonds is 3. The fourth-order valence-corrected chi connectivity index (χ4v) is 3.22. The van der Waals surface area contributed by atoms with Gasteiger partial charge in [-0.05, 0) is 27.2 Å². The van der Waals surface area contributed by atoms with Gasteiger partial charge in [-0.1, -0.05) is 5.16 Å². The molecule has 1 aliphatic rings. The van der Waals surface area contributed by atoms with Gasteiger partial charge in [-0.25, -0.2) is 9.97 Å². The first-order chi connectivity index (χ1) is 11.3. The summed E-state index contributed by atoms with van der Waals surface area (Å²) in [6, 6.07) is 0. The third-order valence-electron chi connectivity index (χ3n) is 4.42. The van der Waals surface area contributed by atoms with Crippen LogP contribution in [-0.4, -0.2) is 39.1 Å². The Morgan fingerprint density at radius 3 is 2.58 bits per heavy atom. The van der Waals surface area contributed by atoms with Crippen LogP contribution in [0.4, 0.5) is 5.82 Å². The molecule has 8 heteroatoms. The van der Waals surface area contributed by atoms with E-state index >= 15 is 0 Å². The maximum absolute atomic E-state index is 11.8. The van der Waals surface area contributed by atoms with Crippen LogP contribution in [0.1, 0.15) is 42.1 Å². The molecule has 1 aliphatic heterocycles. The number of amides is 1. The second kappa shape index (κ2) is 5.85. The minimum Gasteiger partial charge on any atom is -0.353 e. The lowest BCUT2D eigenvalue weighted by Crippen LogP contribution is -2.48. The Labute approximate surface area is 140 Å². The van der Waals surface area contributed by atoms with E-state index in [0.717, 1.165) is 29.4 Å². The van der Waals surface area contributed by atoms with Gasteiger partial charge in [0.05, 0.1) is 6.54 Å². The third kappa shape index (κ3) is 2.83. The van der Waals surface area contributed by atoms with E-state index in [1.54, 1.807) is 6.92 Å². The Bertz CT molecular complexity index is 787. The zero-order chi connectivity index (χ0) is 17.5. The summed E-state index contributed by atoms with van der Waals surface area (Å²) in [5, 5.41) is 7.07. The van der Waals surface area contributed by atoms with Gasteiger partial charge in [0.25, 0.3) is 0 Å². The molecule has 1 unspecified atom stereocenters. The molecule has 1 amide bonds. The fraction of sp³-hybridized carbons (Fsp3) is 0.562. The quantitative estimate of drug-likeness (QED) is 0.907.